The monoisotopic (exact) mass is 142 g/mol. The van der Waals surface area contributed by atoms with E-state index in [1.807, 2.05) is 0 Å². The van der Waals surface area contributed by atoms with E-state index in [1.54, 1.807) is 0 Å². The molecule has 0 spiro atoms. The van der Waals surface area contributed by atoms with Gasteiger partial charge in [-0.05, 0) is 0 Å². The van der Waals surface area contributed by atoms with Crippen molar-refractivity contribution in [2.45, 2.75) is 0 Å². The summed E-state index contributed by atoms with van der Waals surface area (Å²) in [6.07, 6.45) is 2.00. The second-order valence-corrected chi connectivity index (χ2v) is 0.854. The van der Waals surface area contributed by atoms with Crippen molar-refractivity contribution in [2.75, 3.05) is 0 Å². The van der Waals surface area contributed by atoms with Gasteiger partial charge in [0.25, 0.3) is 0 Å². The second-order valence-electron chi connectivity index (χ2n) is 0.854. The summed E-state index contributed by atoms with van der Waals surface area (Å²) in [7, 11) is 0. The van der Waals surface area contributed by atoms with Crippen LogP contribution >= 0.6 is 0 Å². The van der Waals surface area contributed by atoms with Gasteiger partial charge in [0.05, 0.1) is 6.57 Å². The lowest BCUT2D eigenvalue weighted by atomic mass is 10.7. The zero-order valence-electron chi connectivity index (χ0n) is 5.58. The van der Waals surface area contributed by atoms with Crippen molar-refractivity contribution in [2.24, 2.45) is 0 Å². The number of rotatable bonds is 1. The first-order valence-electron chi connectivity index (χ1n) is 2.01. The molecule has 0 aromatic carbocycles. The van der Waals surface area contributed by atoms with Crippen LogP contribution in [-0.4, -0.2) is 11.1 Å². The fourth-order valence-corrected chi connectivity index (χ4v) is 0. The summed E-state index contributed by atoms with van der Waals surface area (Å²) >= 11 is 0. The molecule has 0 aliphatic rings. The van der Waals surface area contributed by atoms with Crippen LogP contribution < -0.4 is 6.15 Å². The Hall–Kier alpha value is -1.60. The molecule has 0 saturated carbocycles. The molecule has 0 fully saturated rings. The van der Waals surface area contributed by atoms with E-state index in [4.69, 9.17) is 11.7 Å². The minimum Gasteiger partial charge on any atom is -0.478 e. The predicted octanol–water partition coefficient (Wildman–Crippen LogP) is 1.47. The quantitative estimate of drug-likeness (QED) is 0.430. The average molecular weight is 142 g/mol. The molecule has 4 heteroatoms. The van der Waals surface area contributed by atoms with Gasteiger partial charge < -0.3 is 11.3 Å². The van der Waals surface area contributed by atoms with Crippen molar-refractivity contribution in [1.82, 2.24) is 6.15 Å². The summed E-state index contributed by atoms with van der Waals surface area (Å²) in [6, 6.07) is 0. The Bertz CT molecular complexity index is 146. The highest BCUT2D eigenvalue weighted by atomic mass is 16.4. The van der Waals surface area contributed by atoms with Crippen LogP contribution in [0.5, 0.6) is 0 Å². The summed E-state index contributed by atoms with van der Waals surface area (Å²) in [5, 5.41) is 7.60. The van der Waals surface area contributed by atoms with E-state index >= 15 is 0 Å². The molecule has 0 heterocycles. The summed E-state index contributed by atoms with van der Waals surface area (Å²) < 4.78 is 0. The zero-order valence-corrected chi connectivity index (χ0v) is 5.58. The first kappa shape index (κ1) is 15.8. The number of carbonyl (C=O) groups is 1. The first-order valence-corrected chi connectivity index (χ1v) is 2.01. The Labute approximate surface area is 59.9 Å². The van der Waals surface area contributed by atoms with Crippen LogP contribution in [0.15, 0.2) is 25.4 Å². The molecule has 0 atom stereocenters. The molecule has 0 rings (SSSR count). The number of hydrogen-bond acceptors (Lipinski definition) is 2. The van der Waals surface area contributed by atoms with E-state index in [2.05, 4.69) is 18.0 Å². The molecule has 0 aliphatic carbocycles. The van der Waals surface area contributed by atoms with Gasteiger partial charge in [-0.3, -0.25) is 0 Å². The Kier molecular flexibility index (Phi) is 24.7. The maximum atomic E-state index is 9.25. The van der Waals surface area contributed by atoms with E-state index in [0.29, 0.717) is 0 Å². The topological polar surface area (TPSA) is 76.7 Å². The lowest BCUT2D eigenvalue weighted by Crippen LogP contribution is -1.82. The standard InChI is InChI=1S/C3H3N.C3H4O2.H3N/c1-3-4-2;1-2-3(4)5;/h3H,1H2;2H,1H2,(H,4,5);1H3. The summed E-state index contributed by atoms with van der Waals surface area (Å²) in [6.45, 7) is 12.0. The molecule has 10 heavy (non-hydrogen) atoms. The van der Waals surface area contributed by atoms with Gasteiger partial charge in [0.1, 0.15) is 6.20 Å². The Morgan fingerprint density at radius 1 is 1.60 bits per heavy atom. The molecule has 4 nitrogen and oxygen atoms in total. The first-order chi connectivity index (χ1) is 4.18. The van der Waals surface area contributed by atoms with E-state index in [0.717, 1.165) is 6.08 Å². The number of aliphatic carboxylic acids is 1. The summed E-state index contributed by atoms with van der Waals surface area (Å²) in [5.74, 6) is -0.981. The zero-order chi connectivity index (χ0) is 7.70. The molecule has 0 saturated heterocycles. The lowest BCUT2D eigenvalue weighted by Gasteiger charge is -1.64. The molecule has 0 radical (unpaired) electrons. The third kappa shape index (κ3) is 95.2. The van der Waals surface area contributed by atoms with Gasteiger partial charge in [-0.1, -0.05) is 6.58 Å². The molecule has 0 aromatic rings. The van der Waals surface area contributed by atoms with Gasteiger partial charge in [0.2, 0.25) is 0 Å². The van der Waals surface area contributed by atoms with Gasteiger partial charge >= 0.3 is 5.97 Å². The molecule has 56 valence electrons. The third-order valence-corrected chi connectivity index (χ3v) is 0.266. The van der Waals surface area contributed by atoms with Crippen LogP contribution in [0.4, 0.5) is 0 Å². The number of hydrogen-bond donors (Lipinski definition) is 2. The van der Waals surface area contributed by atoms with Crippen molar-refractivity contribution in [3.8, 4) is 0 Å². The predicted molar refractivity (Wildman–Crippen MR) is 39.7 cm³/mol. The highest BCUT2D eigenvalue weighted by molar-refractivity contribution is 5.78. The van der Waals surface area contributed by atoms with Gasteiger partial charge in [-0.2, -0.15) is 0 Å². The Balaban J connectivity index is -0.0000000910. The second kappa shape index (κ2) is 15.7. The van der Waals surface area contributed by atoms with Crippen LogP contribution in [0.2, 0.25) is 0 Å². The van der Waals surface area contributed by atoms with Gasteiger partial charge in [-0.25, -0.2) is 9.64 Å². The van der Waals surface area contributed by atoms with Crippen molar-refractivity contribution < 1.29 is 9.90 Å². The SMILES string of the molecule is C=CC(=O)O.N.[C-]#[N+]C=C. The fourth-order valence-electron chi connectivity index (χ4n) is 0. The summed E-state index contributed by atoms with van der Waals surface area (Å²) in [5.41, 5.74) is 0. The molecule has 0 amide bonds. The largest absolute Gasteiger partial charge is 0.478 e. The van der Waals surface area contributed by atoms with Crippen molar-refractivity contribution >= 4 is 5.97 Å². The van der Waals surface area contributed by atoms with Crippen molar-refractivity contribution in [3.05, 3.63) is 36.9 Å². The Morgan fingerprint density at radius 2 is 1.80 bits per heavy atom. The maximum Gasteiger partial charge on any atom is 0.327 e. The number of carboxylic acid groups (broad SMARTS) is 1. The molecule has 0 bridgehead atoms. The minimum absolute atomic E-state index is 0. The molecule has 0 aromatic heterocycles. The lowest BCUT2D eigenvalue weighted by molar-refractivity contribution is -0.131. The van der Waals surface area contributed by atoms with Gasteiger partial charge in [0, 0.05) is 6.08 Å². The molecule has 0 aliphatic heterocycles. The van der Waals surface area contributed by atoms with Crippen molar-refractivity contribution in [3.63, 3.8) is 0 Å². The van der Waals surface area contributed by atoms with Gasteiger partial charge in [-0.15, -0.1) is 6.58 Å². The normalized spacial score (nSPS) is 4.70. The van der Waals surface area contributed by atoms with Crippen LogP contribution in [0.1, 0.15) is 0 Å². The van der Waals surface area contributed by atoms with E-state index in [9.17, 15) is 4.79 Å². The highest BCUT2D eigenvalue weighted by Crippen LogP contribution is 1.54. The molecular weight excluding hydrogens is 132 g/mol. The smallest absolute Gasteiger partial charge is 0.327 e. The van der Waals surface area contributed by atoms with E-state index in [1.165, 1.54) is 6.20 Å². The van der Waals surface area contributed by atoms with E-state index < -0.39 is 5.97 Å². The van der Waals surface area contributed by atoms with Crippen LogP contribution in [-0.2, 0) is 4.79 Å². The van der Waals surface area contributed by atoms with E-state index in [-0.39, 0.29) is 6.15 Å². The molecule has 0 unspecified atom stereocenters. The highest BCUT2D eigenvalue weighted by Gasteiger charge is 1.73. The number of nitrogens with zero attached hydrogens (tertiary/aromatic N) is 1. The van der Waals surface area contributed by atoms with Crippen LogP contribution in [0, 0.1) is 6.57 Å². The fraction of sp³-hybridized carbons (Fsp3) is 0. The van der Waals surface area contributed by atoms with Gasteiger partial charge in [0.15, 0.2) is 0 Å². The van der Waals surface area contributed by atoms with Crippen LogP contribution in [0.25, 0.3) is 4.85 Å². The molecule has 4 N–H and O–H groups in total. The molecular formula is C6H10N2O2. The minimum atomic E-state index is -0.981. The maximum absolute atomic E-state index is 9.25. The Morgan fingerprint density at radius 3 is 1.80 bits per heavy atom. The number of carboxylic acids is 1. The third-order valence-electron chi connectivity index (χ3n) is 0.266. The van der Waals surface area contributed by atoms with Crippen molar-refractivity contribution in [1.29, 1.82) is 0 Å². The average Bonchev–Trinajstić information content (AvgIpc) is 1.89. The summed E-state index contributed by atoms with van der Waals surface area (Å²) in [4.78, 5) is 12.0. The van der Waals surface area contributed by atoms with Crippen LogP contribution in [0.3, 0.4) is 0 Å².